The Bertz CT molecular complexity index is 527. The maximum Gasteiger partial charge on any atom is 0.255 e. The summed E-state index contributed by atoms with van der Waals surface area (Å²) in [5, 5.41) is 11.9. The predicted octanol–water partition coefficient (Wildman–Crippen LogP) is 1.23. The van der Waals surface area contributed by atoms with Gasteiger partial charge in [0, 0.05) is 18.3 Å². The van der Waals surface area contributed by atoms with Crippen LogP contribution in [0.3, 0.4) is 0 Å². The van der Waals surface area contributed by atoms with Crippen molar-refractivity contribution in [1.82, 2.24) is 24.9 Å². The van der Waals surface area contributed by atoms with E-state index in [0.717, 1.165) is 49.1 Å². The first-order valence-corrected chi connectivity index (χ1v) is 6.77. The van der Waals surface area contributed by atoms with Crippen molar-refractivity contribution in [3.8, 4) is 0 Å². The summed E-state index contributed by atoms with van der Waals surface area (Å²) in [6.07, 6.45) is 6.46. The molecule has 0 saturated carbocycles. The average molecular weight is 245 g/mol. The molecule has 0 unspecified atom stereocenters. The van der Waals surface area contributed by atoms with Crippen LogP contribution < -0.4 is 5.32 Å². The SMILES string of the molecule is CCc1ccn2c(CC3CCNCC3)nnc2n1. The summed E-state index contributed by atoms with van der Waals surface area (Å²) in [5.41, 5.74) is 1.07. The molecule has 1 N–H and O–H groups in total. The summed E-state index contributed by atoms with van der Waals surface area (Å²) in [5.74, 6) is 2.51. The van der Waals surface area contributed by atoms with E-state index in [0.29, 0.717) is 0 Å². The number of rotatable bonds is 3. The van der Waals surface area contributed by atoms with Crippen LogP contribution in [0.15, 0.2) is 12.3 Å². The number of fused-ring (bicyclic) bond motifs is 1. The molecule has 2 aromatic heterocycles. The molecule has 0 aliphatic carbocycles. The topological polar surface area (TPSA) is 55.1 Å². The molecular weight excluding hydrogens is 226 g/mol. The van der Waals surface area contributed by atoms with Gasteiger partial charge in [-0.15, -0.1) is 10.2 Å². The summed E-state index contributed by atoms with van der Waals surface area (Å²) < 4.78 is 2.03. The fourth-order valence-corrected chi connectivity index (χ4v) is 2.55. The zero-order valence-electron chi connectivity index (χ0n) is 10.8. The Morgan fingerprint density at radius 1 is 1.33 bits per heavy atom. The van der Waals surface area contributed by atoms with Gasteiger partial charge in [0.2, 0.25) is 0 Å². The van der Waals surface area contributed by atoms with E-state index in [2.05, 4.69) is 39.7 Å². The second-order valence-electron chi connectivity index (χ2n) is 4.96. The first kappa shape index (κ1) is 11.6. The fourth-order valence-electron chi connectivity index (χ4n) is 2.55. The molecule has 3 rings (SSSR count). The molecule has 5 nitrogen and oxygen atoms in total. The lowest BCUT2D eigenvalue weighted by molar-refractivity contribution is 0.366. The largest absolute Gasteiger partial charge is 0.317 e. The van der Waals surface area contributed by atoms with Gasteiger partial charge in [0.05, 0.1) is 0 Å². The van der Waals surface area contributed by atoms with E-state index in [1.807, 2.05) is 4.40 Å². The third-order valence-electron chi connectivity index (χ3n) is 3.70. The minimum absolute atomic E-state index is 0.726. The van der Waals surface area contributed by atoms with Crippen molar-refractivity contribution < 1.29 is 0 Å². The van der Waals surface area contributed by atoms with Gasteiger partial charge in [-0.3, -0.25) is 4.40 Å². The van der Waals surface area contributed by atoms with Crippen molar-refractivity contribution in [3.05, 3.63) is 23.8 Å². The molecule has 2 aromatic rings. The number of nitrogens with one attached hydrogen (secondary N) is 1. The van der Waals surface area contributed by atoms with Crippen LogP contribution in [-0.4, -0.2) is 32.7 Å². The smallest absolute Gasteiger partial charge is 0.255 e. The van der Waals surface area contributed by atoms with E-state index in [9.17, 15) is 0 Å². The Labute approximate surface area is 107 Å². The summed E-state index contributed by atoms with van der Waals surface area (Å²) in [6.45, 7) is 4.35. The lowest BCUT2D eigenvalue weighted by atomic mass is 9.94. The molecule has 96 valence electrons. The molecule has 18 heavy (non-hydrogen) atoms. The van der Waals surface area contributed by atoms with Gasteiger partial charge in [-0.05, 0) is 44.3 Å². The van der Waals surface area contributed by atoms with Crippen molar-refractivity contribution >= 4 is 5.78 Å². The monoisotopic (exact) mass is 245 g/mol. The molecule has 0 spiro atoms. The van der Waals surface area contributed by atoms with Crippen molar-refractivity contribution in [2.45, 2.75) is 32.6 Å². The molecule has 0 amide bonds. The zero-order valence-corrected chi connectivity index (χ0v) is 10.8. The molecule has 0 atom stereocenters. The Balaban J connectivity index is 1.83. The van der Waals surface area contributed by atoms with E-state index in [-0.39, 0.29) is 0 Å². The minimum Gasteiger partial charge on any atom is -0.317 e. The molecule has 1 aliphatic heterocycles. The van der Waals surface area contributed by atoms with Gasteiger partial charge < -0.3 is 5.32 Å². The number of nitrogens with zero attached hydrogens (tertiary/aromatic N) is 4. The fraction of sp³-hybridized carbons (Fsp3) is 0.615. The predicted molar refractivity (Wildman–Crippen MR) is 69.5 cm³/mol. The Hall–Kier alpha value is -1.49. The molecule has 5 heteroatoms. The molecule has 1 saturated heterocycles. The van der Waals surface area contributed by atoms with Crippen molar-refractivity contribution in [1.29, 1.82) is 0 Å². The lowest BCUT2D eigenvalue weighted by Crippen LogP contribution is -2.29. The molecule has 0 radical (unpaired) electrons. The summed E-state index contributed by atoms with van der Waals surface area (Å²) >= 11 is 0. The van der Waals surface area contributed by atoms with E-state index in [4.69, 9.17) is 0 Å². The summed E-state index contributed by atoms with van der Waals surface area (Å²) in [4.78, 5) is 4.48. The number of hydrogen-bond acceptors (Lipinski definition) is 4. The maximum atomic E-state index is 4.48. The lowest BCUT2D eigenvalue weighted by Gasteiger charge is -2.21. The number of piperidine rings is 1. The van der Waals surface area contributed by atoms with Crippen molar-refractivity contribution in [2.24, 2.45) is 5.92 Å². The highest BCUT2D eigenvalue weighted by atomic mass is 15.3. The first-order valence-electron chi connectivity index (χ1n) is 6.77. The van der Waals surface area contributed by atoms with Gasteiger partial charge >= 0.3 is 0 Å². The van der Waals surface area contributed by atoms with Crippen LogP contribution in [0.1, 0.15) is 31.3 Å². The van der Waals surface area contributed by atoms with Crippen LogP contribution in [0.5, 0.6) is 0 Å². The Morgan fingerprint density at radius 2 is 2.17 bits per heavy atom. The Morgan fingerprint density at radius 3 is 2.94 bits per heavy atom. The van der Waals surface area contributed by atoms with Gasteiger partial charge in [-0.2, -0.15) is 0 Å². The van der Waals surface area contributed by atoms with E-state index in [1.165, 1.54) is 12.8 Å². The second kappa shape index (κ2) is 5.02. The molecule has 0 aromatic carbocycles. The first-order chi connectivity index (χ1) is 8.86. The Kier molecular flexibility index (Phi) is 3.23. The minimum atomic E-state index is 0.726. The van der Waals surface area contributed by atoms with Crippen molar-refractivity contribution in [3.63, 3.8) is 0 Å². The molecule has 1 aliphatic rings. The van der Waals surface area contributed by atoms with Gasteiger partial charge in [0.25, 0.3) is 5.78 Å². The number of aryl methyl sites for hydroxylation is 1. The molecule has 3 heterocycles. The van der Waals surface area contributed by atoms with E-state index >= 15 is 0 Å². The van der Waals surface area contributed by atoms with Crippen LogP contribution in [0.2, 0.25) is 0 Å². The third kappa shape index (κ3) is 2.22. The quantitative estimate of drug-likeness (QED) is 0.883. The number of aromatic nitrogens is 4. The molecular formula is C13H19N5. The van der Waals surface area contributed by atoms with Gasteiger partial charge in [-0.25, -0.2) is 4.98 Å². The zero-order chi connectivity index (χ0) is 12.4. The molecule has 1 fully saturated rings. The van der Waals surface area contributed by atoms with Crippen LogP contribution in [0.25, 0.3) is 5.78 Å². The summed E-state index contributed by atoms with van der Waals surface area (Å²) in [7, 11) is 0. The van der Waals surface area contributed by atoms with Gasteiger partial charge in [-0.1, -0.05) is 6.92 Å². The van der Waals surface area contributed by atoms with Crippen LogP contribution >= 0.6 is 0 Å². The maximum absolute atomic E-state index is 4.48. The van der Waals surface area contributed by atoms with Crippen molar-refractivity contribution in [2.75, 3.05) is 13.1 Å². The molecule has 0 bridgehead atoms. The standard InChI is InChI=1S/C13H19N5/c1-2-11-5-8-18-12(16-17-13(18)15-11)9-10-3-6-14-7-4-10/h5,8,10,14H,2-4,6-7,9H2,1H3. The normalized spacial score (nSPS) is 17.4. The van der Waals surface area contributed by atoms with E-state index < -0.39 is 0 Å². The van der Waals surface area contributed by atoms with Crippen LogP contribution in [-0.2, 0) is 12.8 Å². The second-order valence-corrected chi connectivity index (χ2v) is 4.96. The van der Waals surface area contributed by atoms with Crippen LogP contribution in [0, 0.1) is 5.92 Å². The highest BCUT2D eigenvalue weighted by Gasteiger charge is 2.17. The highest BCUT2D eigenvalue weighted by Crippen LogP contribution is 2.17. The van der Waals surface area contributed by atoms with E-state index in [1.54, 1.807) is 0 Å². The van der Waals surface area contributed by atoms with Crippen LogP contribution in [0.4, 0.5) is 0 Å². The number of hydrogen-bond donors (Lipinski definition) is 1. The summed E-state index contributed by atoms with van der Waals surface area (Å²) in [6, 6.07) is 2.06. The van der Waals surface area contributed by atoms with Gasteiger partial charge in [0.15, 0.2) is 0 Å². The highest BCUT2D eigenvalue weighted by molar-refractivity contribution is 5.29. The third-order valence-corrected chi connectivity index (χ3v) is 3.70. The average Bonchev–Trinajstić information content (AvgIpc) is 2.82. The van der Waals surface area contributed by atoms with Gasteiger partial charge in [0.1, 0.15) is 5.82 Å².